The topological polar surface area (TPSA) is 112 Å². The molecule has 3 aromatic carbocycles. The molecule has 4 aromatic rings. The van der Waals surface area contributed by atoms with Crippen molar-refractivity contribution in [2.75, 3.05) is 24.3 Å². The minimum Gasteiger partial charge on any atom is -0.349 e. The van der Waals surface area contributed by atoms with Crippen LogP contribution in [-0.4, -0.2) is 44.2 Å². The lowest BCUT2D eigenvalue weighted by atomic mass is 10.0. The second-order valence-electron chi connectivity index (χ2n) is 7.68. The summed E-state index contributed by atoms with van der Waals surface area (Å²) in [7, 11) is -0.179. The molecule has 160 valence electrons. The van der Waals surface area contributed by atoms with E-state index >= 15 is 0 Å². The van der Waals surface area contributed by atoms with Crippen LogP contribution in [0.4, 0.5) is 11.6 Å². The highest BCUT2D eigenvalue weighted by Gasteiger charge is 2.35. The lowest BCUT2D eigenvalue weighted by Crippen LogP contribution is -2.21. The molecule has 0 radical (unpaired) electrons. The van der Waals surface area contributed by atoms with Gasteiger partial charge in [-0.25, -0.2) is 13.4 Å². The first-order chi connectivity index (χ1) is 15.3. The fourth-order valence-corrected chi connectivity index (χ4v) is 5.39. The Labute approximate surface area is 183 Å². The Morgan fingerprint density at radius 2 is 1.72 bits per heavy atom. The van der Waals surface area contributed by atoms with Gasteiger partial charge in [0.2, 0.25) is 15.8 Å². The van der Waals surface area contributed by atoms with Gasteiger partial charge in [0.05, 0.1) is 20.8 Å². The number of H-pyrrole nitrogens is 1. The number of aromatic amines is 1. The van der Waals surface area contributed by atoms with Gasteiger partial charge in [-0.05, 0) is 48.5 Å². The largest absolute Gasteiger partial charge is 0.349 e. The van der Waals surface area contributed by atoms with E-state index in [4.69, 9.17) is 0 Å². The molecule has 0 unspecified atom stereocenters. The maximum Gasteiger partial charge on any atom is 0.255 e. The van der Waals surface area contributed by atoms with Crippen LogP contribution in [0.3, 0.4) is 0 Å². The number of amides is 1. The Hall–Kier alpha value is -3.98. The zero-order valence-corrected chi connectivity index (χ0v) is 18.0. The molecule has 0 saturated carbocycles. The van der Waals surface area contributed by atoms with Crippen LogP contribution in [0.5, 0.6) is 0 Å². The smallest absolute Gasteiger partial charge is 0.255 e. The van der Waals surface area contributed by atoms with Gasteiger partial charge in [-0.1, -0.05) is 12.1 Å². The molecular formula is C23H18N4O4S. The second-order valence-corrected chi connectivity index (χ2v) is 9.57. The first-order valence-electron chi connectivity index (χ1n) is 9.77. The number of nitrogens with zero attached hydrogens (tertiary/aromatic N) is 2. The molecule has 0 bridgehead atoms. The number of hydrogen-bond donors (Lipinski definition) is 2. The van der Waals surface area contributed by atoms with Gasteiger partial charge in [-0.15, -0.1) is 0 Å². The average Bonchev–Trinajstić information content (AvgIpc) is 3.21. The highest BCUT2D eigenvalue weighted by molar-refractivity contribution is 7.91. The summed E-state index contributed by atoms with van der Waals surface area (Å²) in [6, 6.07) is 15.4. The van der Waals surface area contributed by atoms with E-state index in [9.17, 15) is 18.0 Å². The van der Waals surface area contributed by atoms with E-state index in [1.54, 1.807) is 30.3 Å². The van der Waals surface area contributed by atoms with Crippen molar-refractivity contribution in [3.05, 3.63) is 77.4 Å². The molecule has 9 heteroatoms. The summed E-state index contributed by atoms with van der Waals surface area (Å²) in [6.45, 7) is 0. The number of imidazole rings is 1. The standard InChI is InChI=1S/C23H18N4O4S/c1-27(2)23-25-17-10-8-14(12-18(17)26-23)24-22(29)13-7-9-16-20(11-13)32(30,31)19-6-4-3-5-15(19)21(16)28/h3-12H,1-2H3,(H,24,29)(H,25,26). The van der Waals surface area contributed by atoms with Gasteiger partial charge in [0, 0.05) is 36.5 Å². The number of carbonyl (C=O) groups is 2. The minimum absolute atomic E-state index is 0.0450. The normalized spacial score (nSPS) is 14.0. The number of aromatic nitrogens is 2. The number of fused-ring (bicyclic) bond motifs is 3. The van der Waals surface area contributed by atoms with Gasteiger partial charge in [-0.3, -0.25) is 9.59 Å². The third-order valence-electron chi connectivity index (χ3n) is 5.35. The maximum absolute atomic E-state index is 13.1. The van der Waals surface area contributed by atoms with Crippen LogP contribution in [0, 0.1) is 0 Å². The summed E-state index contributed by atoms with van der Waals surface area (Å²) in [5.41, 5.74) is 2.37. The van der Waals surface area contributed by atoms with Gasteiger partial charge < -0.3 is 15.2 Å². The van der Waals surface area contributed by atoms with Crippen LogP contribution in [0.2, 0.25) is 0 Å². The minimum atomic E-state index is -3.92. The first kappa shape index (κ1) is 20.0. The van der Waals surface area contributed by atoms with Crippen molar-refractivity contribution in [2.24, 2.45) is 0 Å². The monoisotopic (exact) mass is 446 g/mol. The molecule has 5 rings (SSSR count). The van der Waals surface area contributed by atoms with Crippen molar-refractivity contribution in [1.29, 1.82) is 0 Å². The third kappa shape index (κ3) is 3.05. The Morgan fingerprint density at radius 1 is 0.969 bits per heavy atom. The van der Waals surface area contributed by atoms with E-state index in [1.165, 1.54) is 30.3 Å². The quantitative estimate of drug-likeness (QED) is 0.440. The molecule has 0 spiro atoms. The fourth-order valence-electron chi connectivity index (χ4n) is 3.71. The molecule has 1 aliphatic rings. The Bertz CT molecular complexity index is 1540. The molecule has 1 amide bonds. The second kappa shape index (κ2) is 7.03. The van der Waals surface area contributed by atoms with Crippen LogP contribution in [0.25, 0.3) is 11.0 Å². The van der Waals surface area contributed by atoms with Crippen molar-refractivity contribution in [1.82, 2.24) is 9.97 Å². The molecule has 0 saturated heterocycles. The van der Waals surface area contributed by atoms with Crippen LogP contribution < -0.4 is 10.2 Å². The maximum atomic E-state index is 13.1. The van der Waals surface area contributed by atoms with Crippen molar-refractivity contribution in [3.63, 3.8) is 0 Å². The van der Waals surface area contributed by atoms with Crippen molar-refractivity contribution in [3.8, 4) is 0 Å². The molecule has 0 aliphatic carbocycles. The molecule has 0 fully saturated rings. The van der Waals surface area contributed by atoms with E-state index in [-0.39, 0.29) is 32.3 Å². The number of rotatable bonds is 3. The van der Waals surface area contributed by atoms with Crippen LogP contribution >= 0.6 is 0 Å². The van der Waals surface area contributed by atoms with E-state index < -0.39 is 15.7 Å². The van der Waals surface area contributed by atoms with E-state index in [0.717, 1.165) is 11.0 Å². The van der Waals surface area contributed by atoms with Crippen molar-refractivity contribution < 1.29 is 18.0 Å². The lowest BCUT2D eigenvalue weighted by molar-refractivity contribution is 0.101. The van der Waals surface area contributed by atoms with E-state index in [2.05, 4.69) is 15.3 Å². The summed E-state index contributed by atoms with van der Waals surface area (Å²) >= 11 is 0. The Balaban J connectivity index is 1.49. The number of hydrogen-bond acceptors (Lipinski definition) is 6. The van der Waals surface area contributed by atoms with Gasteiger partial charge in [0.25, 0.3) is 5.91 Å². The molecule has 1 aromatic heterocycles. The summed E-state index contributed by atoms with van der Waals surface area (Å²) in [5, 5.41) is 2.77. The number of anilines is 2. The van der Waals surface area contributed by atoms with Crippen LogP contribution in [0.15, 0.2) is 70.5 Å². The highest BCUT2D eigenvalue weighted by Crippen LogP contribution is 2.35. The summed E-state index contributed by atoms with van der Waals surface area (Å²) in [5.74, 6) is -0.173. The lowest BCUT2D eigenvalue weighted by Gasteiger charge is -2.19. The zero-order chi connectivity index (χ0) is 22.6. The molecular weight excluding hydrogens is 428 g/mol. The number of nitrogens with one attached hydrogen (secondary N) is 2. The summed E-state index contributed by atoms with van der Waals surface area (Å²) in [6.07, 6.45) is 0. The van der Waals surface area contributed by atoms with Crippen LogP contribution in [-0.2, 0) is 9.84 Å². The predicted octanol–water partition coefficient (Wildman–Crippen LogP) is 3.26. The van der Waals surface area contributed by atoms with E-state index in [1.807, 2.05) is 19.0 Å². The van der Waals surface area contributed by atoms with Gasteiger partial charge in [0.15, 0.2) is 5.78 Å². The number of sulfone groups is 1. The number of benzene rings is 3. The average molecular weight is 446 g/mol. The Kier molecular flexibility index (Phi) is 4.38. The summed E-state index contributed by atoms with van der Waals surface area (Å²) < 4.78 is 26.2. The van der Waals surface area contributed by atoms with Crippen molar-refractivity contribution in [2.45, 2.75) is 9.79 Å². The van der Waals surface area contributed by atoms with Crippen molar-refractivity contribution >= 4 is 44.2 Å². The highest BCUT2D eigenvalue weighted by atomic mass is 32.2. The molecule has 8 nitrogen and oxygen atoms in total. The molecule has 2 N–H and O–H groups in total. The van der Waals surface area contributed by atoms with Gasteiger partial charge in [0.1, 0.15) is 0 Å². The SMILES string of the molecule is CN(C)c1nc2ccc(NC(=O)c3ccc4c(c3)S(=O)(=O)c3ccccc3C4=O)cc2[nH]1. The number of carbonyl (C=O) groups excluding carboxylic acids is 2. The molecule has 2 heterocycles. The number of ketones is 1. The fraction of sp³-hybridized carbons (Fsp3) is 0.0870. The molecule has 1 aliphatic heterocycles. The molecule has 32 heavy (non-hydrogen) atoms. The summed E-state index contributed by atoms with van der Waals surface area (Å²) in [4.78, 5) is 34.9. The third-order valence-corrected chi connectivity index (χ3v) is 7.20. The Morgan fingerprint density at radius 3 is 2.50 bits per heavy atom. The first-order valence-corrected chi connectivity index (χ1v) is 11.3. The van der Waals surface area contributed by atoms with E-state index in [0.29, 0.717) is 11.6 Å². The van der Waals surface area contributed by atoms with Gasteiger partial charge >= 0.3 is 0 Å². The van der Waals surface area contributed by atoms with Gasteiger partial charge in [-0.2, -0.15) is 0 Å². The molecule has 0 atom stereocenters. The van der Waals surface area contributed by atoms with Crippen LogP contribution in [0.1, 0.15) is 26.3 Å². The zero-order valence-electron chi connectivity index (χ0n) is 17.2. The predicted molar refractivity (Wildman–Crippen MR) is 120 cm³/mol.